The molecule has 0 radical (unpaired) electrons. The molecule has 0 saturated heterocycles. The Bertz CT molecular complexity index is 697. The van der Waals surface area contributed by atoms with Crippen LogP contribution in [0.3, 0.4) is 0 Å². The lowest BCUT2D eigenvalue weighted by molar-refractivity contribution is 0.102. The van der Waals surface area contributed by atoms with Crippen LogP contribution in [0.4, 0.5) is 5.82 Å². The van der Waals surface area contributed by atoms with Gasteiger partial charge in [0.2, 0.25) is 0 Å². The number of hydrogen-bond acceptors (Lipinski definition) is 2. The van der Waals surface area contributed by atoms with E-state index in [1.807, 2.05) is 42.1 Å². The smallest absolute Gasteiger partial charge is 0.258 e. The van der Waals surface area contributed by atoms with Gasteiger partial charge in [0.1, 0.15) is 5.82 Å². The van der Waals surface area contributed by atoms with E-state index < -0.39 is 0 Å². The van der Waals surface area contributed by atoms with Gasteiger partial charge < -0.3 is 9.88 Å². The van der Waals surface area contributed by atoms with Crippen LogP contribution in [0, 0.1) is 0 Å². The summed E-state index contributed by atoms with van der Waals surface area (Å²) in [6.45, 7) is 0. The normalized spacial score (nSPS) is 10.7. The minimum Gasteiger partial charge on any atom is -0.350 e. The highest BCUT2D eigenvalue weighted by molar-refractivity contribution is 6.11. The number of aromatic nitrogens is 3. The highest BCUT2D eigenvalue weighted by atomic mass is 16.1. The SMILES string of the molecule is Cn1ccc2cccc(C(=O)Nc3ccn[nH]3)c21. The largest absolute Gasteiger partial charge is 0.350 e. The van der Waals surface area contributed by atoms with Gasteiger partial charge in [0, 0.05) is 24.7 Å². The third-order valence-electron chi connectivity index (χ3n) is 2.89. The molecule has 3 rings (SSSR count). The third kappa shape index (κ3) is 1.66. The topological polar surface area (TPSA) is 62.7 Å². The minimum atomic E-state index is -0.147. The first-order valence-corrected chi connectivity index (χ1v) is 5.60. The zero-order chi connectivity index (χ0) is 12.5. The number of nitrogens with zero attached hydrogens (tertiary/aromatic N) is 2. The molecule has 1 amide bonds. The summed E-state index contributed by atoms with van der Waals surface area (Å²) in [5, 5.41) is 10.3. The quantitative estimate of drug-likeness (QED) is 0.721. The van der Waals surface area contributed by atoms with Crippen LogP contribution in [0.2, 0.25) is 0 Å². The third-order valence-corrected chi connectivity index (χ3v) is 2.89. The number of rotatable bonds is 2. The van der Waals surface area contributed by atoms with Crippen molar-refractivity contribution >= 4 is 22.6 Å². The van der Waals surface area contributed by atoms with Crippen molar-refractivity contribution < 1.29 is 4.79 Å². The number of carbonyl (C=O) groups excluding carboxylic acids is 1. The summed E-state index contributed by atoms with van der Waals surface area (Å²) in [4.78, 5) is 12.2. The molecule has 3 aromatic rings. The fraction of sp³-hybridized carbons (Fsp3) is 0.0769. The molecule has 2 aromatic heterocycles. The van der Waals surface area contributed by atoms with Crippen LogP contribution < -0.4 is 5.32 Å². The Morgan fingerprint density at radius 1 is 1.33 bits per heavy atom. The number of aromatic amines is 1. The van der Waals surface area contributed by atoms with Gasteiger partial charge in [-0.3, -0.25) is 9.89 Å². The predicted octanol–water partition coefficient (Wildman–Crippen LogP) is 2.15. The molecule has 5 nitrogen and oxygen atoms in total. The lowest BCUT2D eigenvalue weighted by atomic mass is 10.1. The van der Waals surface area contributed by atoms with Crippen LogP contribution >= 0.6 is 0 Å². The Hall–Kier alpha value is -2.56. The summed E-state index contributed by atoms with van der Waals surface area (Å²) >= 11 is 0. The van der Waals surface area contributed by atoms with Crippen LogP contribution in [-0.2, 0) is 7.05 Å². The average Bonchev–Trinajstić information content (AvgIpc) is 2.99. The first-order chi connectivity index (χ1) is 8.75. The first-order valence-electron chi connectivity index (χ1n) is 5.60. The maximum absolute atomic E-state index is 12.2. The maximum Gasteiger partial charge on any atom is 0.258 e. The molecule has 0 aliphatic carbocycles. The van der Waals surface area contributed by atoms with E-state index in [1.165, 1.54) is 0 Å². The Morgan fingerprint density at radius 3 is 3.00 bits per heavy atom. The van der Waals surface area contributed by atoms with E-state index in [2.05, 4.69) is 15.5 Å². The lowest BCUT2D eigenvalue weighted by Gasteiger charge is -2.06. The van der Waals surface area contributed by atoms with E-state index in [-0.39, 0.29) is 5.91 Å². The van der Waals surface area contributed by atoms with Crippen LogP contribution in [0.1, 0.15) is 10.4 Å². The van der Waals surface area contributed by atoms with Gasteiger partial charge in [-0.1, -0.05) is 12.1 Å². The molecule has 0 aliphatic rings. The molecule has 0 fully saturated rings. The standard InChI is InChI=1S/C13H12N4O/c1-17-8-6-9-3-2-4-10(12(9)17)13(18)15-11-5-7-14-16-11/h2-8H,1H3,(H2,14,15,16,18). The molecular formula is C13H12N4O. The highest BCUT2D eigenvalue weighted by Crippen LogP contribution is 2.20. The molecule has 2 heterocycles. The summed E-state index contributed by atoms with van der Waals surface area (Å²) in [6, 6.07) is 9.38. The Morgan fingerprint density at radius 2 is 2.22 bits per heavy atom. The van der Waals surface area contributed by atoms with E-state index in [1.54, 1.807) is 12.3 Å². The van der Waals surface area contributed by atoms with Crippen molar-refractivity contribution in [2.24, 2.45) is 7.05 Å². The zero-order valence-electron chi connectivity index (χ0n) is 9.84. The summed E-state index contributed by atoms with van der Waals surface area (Å²) in [5.74, 6) is 0.442. The molecular weight excluding hydrogens is 228 g/mol. The second-order valence-corrected chi connectivity index (χ2v) is 4.09. The Labute approximate surface area is 103 Å². The number of H-pyrrole nitrogens is 1. The summed E-state index contributed by atoms with van der Waals surface area (Å²) < 4.78 is 1.94. The second kappa shape index (κ2) is 4.03. The number of para-hydroxylation sites is 1. The number of benzene rings is 1. The molecule has 0 spiro atoms. The van der Waals surface area contributed by atoms with Crippen molar-refractivity contribution in [2.45, 2.75) is 0 Å². The molecule has 18 heavy (non-hydrogen) atoms. The van der Waals surface area contributed by atoms with Gasteiger partial charge in [-0.25, -0.2) is 0 Å². The number of anilines is 1. The lowest BCUT2D eigenvalue weighted by Crippen LogP contribution is -2.13. The summed E-state index contributed by atoms with van der Waals surface area (Å²) in [6.07, 6.45) is 3.54. The van der Waals surface area contributed by atoms with E-state index in [0.29, 0.717) is 11.4 Å². The summed E-state index contributed by atoms with van der Waals surface area (Å²) in [5.41, 5.74) is 1.57. The predicted molar refractivity (Wildman–Crippen MR) is 69.5 cm³/mol. The van der Waals surface area contributed by atoms with Crippen LogP contribution in [-0.4, -0.2) is 20.7 Å². The van der Waals surface area contributed by atoms with Crippen molar-refractivity contribution in [1.82, 2.24) is 14.8 Å². The van der Waals surface area contributed by atoms with E-state index in [4.69, 9.17) is 0 Å². The van der Waals surface area contributed by atoms with Gasteiger partial charge in [0.15, 0.2) is 0 Å². The van der Waals surface area contributed by atoms with Crippen molar-refractivity contribution in [3.05, 3.63) is 48.3 Å². The zero-order valence-corrected chi connectivity index (χ0v) is 9.84. The Kier molecular flexibility index (Phi) is 2.37. The van der Waals surface area contributed by atoms with Gasteiger partial charge >= 0.3 is 0 Å². The number of carbonyl (C=O) groups is 1. The van der Waals surface area contributed by atoms with Crippen molar-refractivity contribution in [1.29, 1.82) is 0 Å². The average molecular weight is 240 g/mol. The van der Waals surface area contributed by atoms with E-state index in [0.717, 1.165) is 10.9 Å². The van der Waals surface area contributed by atoms with Crippen LogP contribution in [0.15, 0.2) is 42.7 Å². The second-order valence-electron chi connectivity index (χ2n) is 4.09. The fourth-order valence-corrected chi connectivity index (χ4v) is 2.05. The fourth-order valence-electron chi connectivity index (χ4n) is 2.05. The highest BCUT2D eigenvalue weighted by Gasteiger charge is 2.12. The molecule has 2 N–H and O–H groups in total. The van der Waals surface area contributed by atoms with E-state index >= 15 is 0 Å². The summed E-state index contributed by atoms with van der Waals surface area (Å²) in [7, 11) is 1.93. The van der Waals surface area contributed by atoms with Crippen molar-refractivity contribution in [2.75, 3.05) is 5.32 Å². The molecule has 0 bridgehead atoms. The van der Waals surface area contributed by atoms with Crippen LogP contribution in [0.5, 0.6) is 0 Å². The molecule has 5 heteroatoms. The number of hydrogen-bond donors (Lipinski definition) is 2. The number of fused-ring (bicyclic) bond motifs is 1. The molecule has 0 saturated carbocycles. The van der Waals surface area contributed by atoms with Crippen LogP contribution in [0.25, 0.3) is 10.9 Å². The number of nitrogens with one attached hydrogen (secondary N) is 2. The van der Waals surface area contributed by atoms with Gasteiger partial charge in [-0.05, 0) is 12.1 Å². The van der Waals surface area contributed by atoms with Gasteiger partial charge in [-0.15, -0.1) is 0 Å². The first kappa shape index (κ1) is 10.6. The molecule has 0 aliphatic heterocycles. The molecule has 90 valence electrons. The van der Waals surface area contributed by atoms with Gasteiger partial charge in [-0.2, -0.15) is 5.10 Å². The van der Waals surface area contributed by atoms with Crippen molar-refractivity contribution in [3.63, 3.8) is 0 Å². The van der Waals surface area contributed by atoms with E-state index in [9.17, 15) is 4.79 Å². The number of aryl methyl sites for hydroxylation is 1. The monoisotopic (exact) mass is 240 g/mol. The molecule has 1 aromatic carbocycles. The van der Waals surface area contributed by atoms with Gasteiger partial charge in [0.05, 0.1) is 17.3 Å². The molecule has 0 atom stereocenters. The number of amides is 1. The van der Waals surface area contributed by atoms with Gasteiger partial charge in [0.25, 0.3) is 5.91 Å². The van der Waals surface area contributed by atoms with Crippen molar-refractivity contribution in [3.8, 4) is 0 Å². The maximum atomic E-state index is 12.2. The Balaban J connectivity index is 2.03. The molecule has 0 unspecified atom stereocenters. The minimum absolute atomic E-state index is 0.147.